The van der Waals surface area contributed by atoms with Crippen LogP contribution in [0.15, 0.2) is 28.1 Å². The summed E-state index contributed by atoms with van der Waals surface area (Å²) in [5.41, 5.74) is 0.640. The van der Waals surface area contributed by atoms with Crippen LogP contribution < -0.4 is 5.32 Å². The van der Waals surface area contributed by atoms with Gasteiger partial charge >= 0.3 is 0 Å². The molecule has 0 amide bonds. The second-order valence-corrected chi connectivity index (χ2v) is 4.83. The van der Waals surface area contributed by atoms with Gasteiger partial charge in [0.05, 0.1) is 4.47 Å². The zero-order valence-corrected chi connectivity index (χ0v) is 10.5. The molecule has 0 unspecified atom stereocenters. The Kier molecular flexibility index (Phi) is 3.23. The number of nitrogens with zero attached hydrogens (tertiary/aromatic N) is 1. The van der Waals surface area contributed by atoms with Crippen molar-refractivity contribution in [3.63, 3.8) is 0 Å². The molecule has 1 N–H and O–H groups in total. The highest BCUT2D eigenvalue weighted by Gasteiger charge is 2.03. The Balaban J connectivity index is 2.21. The van der Waals surface area contributed by atoms with Crippen LogP contribution in [0.3, 0.4) is 0 Å². The molecule has 0 aliphatic rings. The lowest BCUT2D eigenvalue weighted by molar-refractivity contribution is 0.622. The summed E-state index contributed by atoms with van der Waals surface area (Å²) in [5, 5.41) is 5.73. The van der Waals surface area contributed by atoms with Gasteiger partial charge in [0.25, 0.3) is 0 Å². The highest BCUT2D eigenvalue weighted by Crippen LogP contribution is 2.25. The van der Waals surface area contributed by atoms with Gasteiger partial charge in [-0.1, -0.05) is 11.6 Å². The summed E-state index contributed by atoms with van der Waals surface area (Å²) < 4.78 is 13.6. The molecular formula is C9H5BrClFN2S. The highest BCUT2D eigenvalue weighted by atomic mass is 79.9. The molecule has 0 saturated carbocycles. The fourth-order valence-electron chi connectivity index (χ4n) is 1.01. The Hall–Kier alpha value is -0.650. The Morgan fingerprint density at radius 3 is 2.87 bits per heavy atom. The van der Waals surface area contributed by atoms with Gasteiger partial charge in [-0.25, -0.2) is 9.37 Å². The number of benzene rings is 1. The zero-order chi connectivity index (χ0) is 10.8. The number of thiazole rings is 1. The molecule has 0 aliphatic heterocycles. The van der Waals surface area contributed by atoms with E-state index in [1.165, 1.54) is 17.4 Å². The van der Waals surface area contributed by atoms with Gasteiger partial charge in [-0.3, -0.25) is 0 Å². The first-order valence-electron chi connectivity index (χ1n) is 3.98. The van der Waals surface area contributed by atoms with Gasteiger partial charge in [0, 0.05) is 11.1 Å². The number of aromatic nitrogens is 1. The predicted octanol–water partition coefficient (Wildman–Crippen LogP) is 4.44. The molecule has 15 heavy (non-hydrogen) atoms. The number of halogens is 3. The predicted molar refractivity (Wildman–Crippen MR) is 64.5 cm³/mol. The van der Waals surface area contributed by atoms with Crippen molar-refractivity contribution in [3.8, 4) is 0 Å². The summed E-state index contributed by atoms with van der Waals surface area (Å²) in [6.45, 7) is 0. The van der Waals surface area contributed by atoms with Crippen LogP contribution in [-0.2, 0) is 0 Å². The summed E-state index contributed by atoms with van der Waals surface area (Å²) in [6, 6.07) is 4.77. The second-order valence-electron chi connectivity index (χ2n) is 2.73. The average molecular weight is 308 g/mol. The highest BCUT2D eigenvalue weighted by molar-refractivity contribution is 9.10. The third kappa shape index (κ3) is 2.68. The molecule has 2 rings (SSSR count). The van der Waals surface area contributed by atoms with Crippen LogP contribution in [0.4, 0.5) is 15.2 Å². The van der Waals surface area contributed by atoms with Gasteiger partial charge in [0.2, 0.25) is 0 Å². The van der Waals surface area contributed by atoms with Crippen LogP contribution in [-0.4, -0.2) is 4.98 Å². The molecule has 2 aromatic rings. The van der Waals surface area contributed by atoms with Crippen molar-refractivity contribution in [2.45, 2.75) is 0 Å². The molecule has 0 aliphatic carbocycles. The van der Waals surface area contributed by atoms with Crippen LogP contribution in [0.25, 0.3) is 0 Å². The van der Waals surface area contributed by atoms with E-state index in [2.05, 4.69) is 26.2 Å². The molecule has 0 saturated heterocycles. The lowest BCUT2D eigenvalue weighted by Crippen LogP contribution is -1.90. The zero-order valence-electron chi connectivity index (χ0n) is 7.30. The van der Waals surface area contributed by atoms with Crippen molar-refractivity contribution >= 4 is 49.7 Å². The lowest BCUT2D eigenvalue weighted by atomic mass is 10.3. The van der Waals surface area contributed by atoms with E-state index in [-0.39, 0.29) is 5.82 Å². The van der Waals surface area contributed by atoms with Crippen molar-refractivity contribution in [3.05, 3.63) is 39.0 Å². The molecule has 0 fully saturated rings. The minimum Gasteiger partial charge on any atom is -0.331 e. The van der Waals surface area contributed by atoms with Crippen molar-refractivity contribution in [1.82, 2.24) is 4.98 Å². The third-order valence-electron chi connectivity index (χ3n) is 1.65. The molecule has 0 spiro atoms. The Labute approximate surface area is 103 Å². The second kappa shape index (κ2) is 4.47. The maximum Gasteiger partial charge on any atom is 0.188 e. The smallest absolute Gasteiger partial charge is 0.188 e. The molecule has 1 aromatic heterocycles. The van der Waals surface area contributed by atoms with Gasteiger partial charge in [0.15, 0.2) is 5.13 Å². The normalized spacial score (nSPS) is 10.3. The van der Waals surface area contributed by atoms with E-state index in [1.807, 2.05) is 0 Å². The van der Waals surface area contributed by atoms with Gasteiger partial charge in [0.1, 0.15) is 11.0 Å². The fraction of sp³-hybridized carbons (Fsp3) is 0. The Morgan fingerprint density at radius 1 is 1.47 bits per heavy atom. The summed E-state index contributed by atoms with van der Waals surface area (Å²) in [7, 11) is 0. The van der Waals surface area contributed by atoms with Gasteiger partial charge < -0.3 is 5.32 Å². The van der Waals surface area contributed by atoms with E-state index >= 15 is 0 Å². The standard InChI is InChI=1S/C9H5BrClFN2S/c10-6-2-1-5(3-7(6)12)13-9-14-8(11)4-15-9/h1-4H,(H,13,14). The molecule has 0 atom stereocenters. The molecule has 1 heterocycles. The first-order valence-corrected chi connectivity index (χ1v) is 6.03. The van der Waals surface area contributed by atoms with E-state index in [1.54, 1.807) is 17.5 Å². The van der Waals surface area contributed by atoms with Crippen LogP contribution in [0.1, 0.15) is 0 Å². The molecule has 2 nitrogen and oxygen atoms in total. The van der Waals surface area contributed by atoms with E-state index < -0.39 is 0 Å². The van der Waals surface area contributed by atoms with Crippen molar-refractivity contribution in [1.29, 1.82) is 0 Å². The first-order chi connectivity index (χ1) is 7.15. The molecule has 1 aromatic carbocycles. The van der Waals surface area contributed by atoms with Crippen LogP contribution >= 0.6 is 38.9 Å². The van der Waals surface area contributed by atoms with E-state index in [0.29, 0.717) is 20.4 Å². The van der Waals surface area contributed by atoms with E-state index in [0.717, 1.165) is 0 Å². The van der Waals surface area contributed by atoms with Crippen molar-refractivity contribution in [2.24, 2.45) is 0 Å². The number of nitrogens with one attached hydrogen (secondary N) is 1. The number of rotatable bonds is 2. The fourth-order valence-corrected chi connectivity index (χ4v) is 2.11. The van der Waals surface area contributed by atoms with Crippen LogP contribution in [0.2, 0.25) is 5.15 Å². The number of hydrogen-bond acceptors (Lipinski definition) is 3. The summed E-state index contributed by atoms with van der Waals surface area (Å²) >= 11 is 10.1. The van der Waals surface area contributed by atoms with E-state index in [4.69, 9.17) is 11.6 Å². The van der Waals surface area contributed by atoms with E-state index in [9.17, 15) is 4.39 Å². The van der Waals surface area contributed by atoms with Gasteiger partial charge in [-0.05, 0) is 34.1 Å². The van der Waals surface area contributed by atoms with Gasteiger partial charge in [-0.15, -0.1) is 11.3 Å². The summed E-state index contributed by atoms with van der Waals surface area (Å²) in [5.74, 6) is -0.317. The van der Waals surface area contributed by atoms with Crippen LogP contribution in [0, 0.1) is 5.82 Å². The average Bonchev–Trinajstić information content (AvgIpc) is 2.58. The number of anilines is 2. The van der Waals surface area contributed by atoms with Gasteiger partial charge in [-0.2, -0.15) is 0 Å². The van der Waals surface area contributed by atoms with Crippen LogP contribution in [0.5, 0.6) is 0 Å². The molecule has 0 bridgehead atoms. The number of hydrogen-bond donors (Lipinski definition) is 1. The summed E-state index contributed by atoms with van der Waals surface area (Å²) in [4.78, 5) is 4.00. The van der Waals surface area contributed by atoms with Crippen molar-refractivity contribution < 1.29 is 4.39 Å². The minimum absolute atomic E-state index is 0.317. The molecular weight excluding hydrogens is 303 g/mol. The Bertz CT molecular complexity index is 489. The first kappa shape index (κ1) is 10.9. The maximum atomic E-state index is 13.2. The third-order valence-corrected chi connectivity index (χ3v) is 3.37. The molecule has 0 radical (unpaired) electrons. The molecule has 78 valence electrons. The maximum absolute atomic E-state index is 13.2. The largest absolute Gasteiger partial charge is 0.331 e. The lowest BCUT2D eigenvalue weighted by Gasteiger charge is -2.02. The molecule has 6 heteroatoms. The quantitative estimate of drug-likeness (QED) is 0.887. The SMILES string of the molecule is Fc1cc(Nc2nc(Cl)cs2)ccc1Br. The monoisotopic (exact) mass is 306 g/mol. The topological polar surface area (TPSA) is 24.9 Å². The Morgan fingerprint density at radius 2 is 2.27 bits per heavy atom. The minimum atomic E-state index is -0.317. The summed E-state index contributed by atoms with van der Waals surface area (Å²) in [6.07, 6.45) is 0. The van der Waals surface area contributed by atoms with Crippen molar-refractivity contribution in [2.75, 3.05) is 5.32 Å².